The van der Waals surface area contributed by atoms with Gasteiger partial charge in [-0.1, -0.05) is 85.4 Å². The summed E-state index contributed by atoms with van der Waals surface area (Å²) in [6, 6.07) is 13.9. The second-order valence-electron chi connectivity index (χ2n) is 11.4. The van der Waals surface area contributed by atoms with Crippen LogP contribution in [0.4, 0.5) is 0 Å². The van der Waals surface area contributed by atoms with Crippen molar-refractivity contribution in [2.24, 2.45) is 0 Å². The summed E-state index contributed by atoms with van der Waals surface area (Å²) < 4.78 is 19.2. The van der Waals surface area contributed by atoms with Crippen LogP contribution >= 0.6 is 7.92 Å². The van der Waals surface area contributed by atoms with Gasteiger partial charge in [-0.15, -0.1) is 0 Å². The zero-order valence-corrected chi connectivity index (χ0v) is 24.3. The molecule has 0 N–H and O–H groups in total. The number of hydrogen-bond donors (Lipinski definition) is 0. The van der Waals surface area contributed by atoms with Gasteiger partial charge in [0.05, 0.1) is 11.2 Å². The van der Waals surface area contributed by atoms with E-state index in [2.05, 4.69) is 98.7 Å². The van der Waals surface area contributed by atoms with Crippen LogP contribution < -0.4 is 5.30 Å². The van der Waals surface area contributed by atoms with E-state index in [4.69, 9.17) is 14.2 Å². The summed E-state index contributed by atoms with van der Waals surface area (Å²) >= 11 is 0. The molecule has 2 bridgehead atoms. The van der Waals surface area contributed by atoms with Gasteiger partial charge in [-0.05, 0) is 86.5 Å². The van der Waals surface area contributed by atoms with E-state index in [0.29, 0.717) is 17.8 Å². The number of ether oxygens (including phenoxy) is 3. The highest BCUT2D eigenvalue weighted by molar-refractivity contribution is 7.67. The van der Waals surface area contributed by atoms with Gasteiger partial charge in [-0.2, -0.15) is 0 Å². The summed E-state index contributed by atoms with van der Waals surface area (Å²) in [5.74, 6) is 0.817. The topological polar surface area (TPSA) is 27.7 Å². The largest absolute Gasteiger partial charge is 0.342 e. The lowest BCUT2D eigenvalue weighted by Crippen LogP contribution is -2.58. The van der Waals surface area contributed by atoms with Gasteiger partial charge in [0, 0.05) is 6.42 Å². The Morgan fingerprint density at radius 1 is 0.829 bits per heavy atom. The third kappa shape index (κ3) is 5.26. The Morgan fingerprint density at radius 3 is 1.94 bits per heavy atom. The molecule has 2 aliphatic heterocycles. The van der Waals surface area contributed by atoms with Crippen LogP contribution in [0.2, 0.25) is 0 Å². The fraction of sp³-hybridized carbons (Fsp3) is 0.581. The molecule has 0 aromatic heterocycles. The first kappa shape index (κ1) is 28.3. The van der Waals surface area contributed by atoms with E-state index in [-0.39, 0.29) is 24.9 Å². The van der Waals surface area contributed by atoms with Crippen molar-refractivity contribution in [2.75, 3.05) is 0 Å². The van der Waals surface area contributed by atoms with Crippen LogP contribution in [0.5, 0.6) is 0 Å². The monoisotopic (exact) mass is 496 g/mol. The highest BCUT2D eigenvalue weighted by Gasteiger charge is 2.57. The molecule has 2 aromatic rings. The van der Waals surface area contributed by atoms with Gasteiger partial charge in [0.1, 0.15) is 0 Å². The highest BCUT2D eigenvalue weighted by Crippen LogP contribution is 2.65. The Morgan fingerprint density at radius 2 is 1.40 bits per heavy atom. The summed E-state index contributed by atoms with van der Waals surface area (Å²) in [5, 5.41) is 1.08. The summed E-state index contributed by atoms with van der Waals surface area (Å²) in [6.45, 7) is 22.4. The Labute approximate surface area is 215 Å². The van der Waals surface area contributed by atoms with Crippen LogP contribution in [0.3, 0.4) is 0 Å². The number of rotatable bonds is 5. The molecule has 2 radical (unpaired) electrons. The minimum Gasteiger partial charge on any atom is -0.342 e. The zero-order valence-electron chi connectivity index (χ0n) is 23.4. The van der Waals surface area contributed by atoms with Gasteiger partial charge in [0.15, 0.2) is 12.1 Å². The number of hydrogen-bond acceptors (Lipinski definition) is 3. The van der Waals surface area contributed by atoms with Crippen LogP contribution in [0, 0.1) is 7.43 Å². The lowest BCUT2D eigenvalue weighted by molar-refractivity contribution is -0.369. The van der Waals surface area contributed by atoms with Gasteiger partial charge in [0.2, 0.25) is 0 Å². The molecule has 192 valence electrons. The maximum atomic E-state index is 6.57. The average molecular weight is 497 g/mol. The molecule has 0 saturated carbocycles. The molecule has 35 heavy (non-hydrogen) atoms. The lowest BCUT2D eigenvalue weighted by atomic mass is 9.82. The predicted molar refractivity (Wildman–Crippen MR) is 150 cm³/mol. The van der Waals surface area contributed by atoms with Crippen LogP contribution in [-0.4, -0.2) is 23.3 Å². The Balaban J connectivity index is 0.00000342. The van der Waals surface area contributed by atoms with Gasteiger partial charge >= 0.3 is 0 Å². The van der Waals surface area contributed by atoms with Crippen molar-refractivity contribution in [3.05, 3.63) is 60.5 Å². The molecule has 2 aromatic carbocycles. The molecule has 2 saturated heterocycles. The molecule has 0 spiro atoms. The van der Waals surface area contributed by atoms with Crippen molar-refractivity contribution in [3.63, 3.8) is 0 Å². The third-order valence-electron chi connectivity index (χ3n) is 7.34. The lowest BCUT2D eigenvalue weighted by Gasteiger charge is -2.57. The molecule has 4 heteroatoms. The molecule has 0 amide bonds. The van der Waals surface area contributed by atoms with Crippen molar-refractivity contribution in [3.8, 4) is 11.1 Å². The fourth-order valence-electron chi connectivity index (χ4n) is 6.03. The minimum absolute atomic E-state index is 0. The molecule has 0 aliphatic carbocycles. The molecule has 5 atom stereocenters. The molecule has 2 aliphatic rings. The summed E-state index contributed by atoms with van der Waals surface area (Å²) in [6.07, 6.45) is 0.464. The van der Waals surface area contributed by atoms with Crippen LogP contribution in [0.15, 0.2) is 36.4 Å². The summed E-state index contributed by atoms with van der Waals surface area (Å²) in [7, 11) is -0.760. The second-order valence-corrected chi connectivity index (χ2v) is 14.3. The molecular formula is C31H45O3P. The summed E-state index contributed by atoms with van der Waals surface area (Å²) in [4.78, 5) is 0. The van der Waals surface area contributed by atoms with Crippen LogP contribution in [0.25, 0.3) is 11.1 Å². The first-order chi connectivity index (χ1) is 15.8. The quantitative estimate of drug-likeness (QED) is 0.387. The Hall–Kier alpha value is -1.25. The van der Waals surface area contributed by atoms with E-state index in [9.17, 15) is 0 Å². The van der Waals surface area contributed by atoms with E-state index in [1.165, 1.54) is 33.1 Å². The van der Waals surface area contributed by atoms with Crippen molar-refractivity contribution in [2.45, 2.75) is 117 Å². The third-order valence-corrected chi connectivity index (χ3v) is 10.4. The molecule has 2 heterocycles. The molecule has 2 fully saturated rings. The van der Waals surface area contributed by atoms with Crippen LogP contribution in [-0.2, 0) is 14.2 Å². The van der Waals surface area contributed by atoms with E-state index in [1.807, 2.05) is 6.92 Å². The first-order valence-electron chi connectivity index (χ1n) is 12.9. The Bertz CT molecular complexity index is 1020. The number of fused-ring (bicyclic) bond motifs is 2. The molecule has 4 rings (SSSR count). The van der Waals surface area contributed by atoms with E-state index >= 15 is 0 Å². The average Bonchev–Trinajstić information content (AvgIpc) is 2.70. The van der Waals surface area contributed by atoms with Crippen LogP contribution in [0.1, 0.15) is 110 Å². The molecule has 5 unspecified atom stereocenters. The van der Waals surface area contributed by atoms with Crippen molar-refractivity contribution in [1.82, 2.24) is 0 Å². The number of benzene rings is 2. The maximum absolute atomic E-state index is 6.57. The van der Waals surface area contributed by atoms with Crippen molar-refractivity contribution >= 4 is 13.2 Å². The van der Waals surface area contributed by atoms with Gasteiger partial charge in [-0.3, -0.25) is 0 Å². The van der Waals surface area contributed by atoms with Gasteiger partial charge in [0.25, 0.3) is 0 Å². The second kappa shape index (κ2) is 10.3. The molecular weight excluding hydrogens is 451 g/mol. The first-order valence-corrected chi connectivity index (χ1v) is 14.4. The predicted octanol–water partition coefficient (Wildman–Crippen LogP) is 8.75. The Kier molecular flexibility index (Phi) is 8.30. The van der Waals surface area contributed by atoms with Gasteiger partial charge < -0.3 is 14.2 Å². The summed E-state index contributed by atoms with van der Waals surface area (Å²) in [5.41, 5.74) is 7.08. The highest BCUT2D eigenvalue weighted by atomic mass is 31.1. The fourth-order valence-corrected chi connectivity index (χ4v) is 9.44. The smallest absolute Gasteiger partial charge is 0.172 e. The van der Waals surface area contributed by atoms with Crippen molar-refractivity contribution < 1.29 is 14.2 Å². The minimum atomic E-state index is -0.760. The van der Waals surface area contributed by atoms with Crippen molar-refractivity contribution in [1.29, 1.82) is 0 Å². The van der Waals surface area contributed by atoms with E-state index in [1.54, 1.807) is 0 Å². The van der Waals surface area contributed by atoms with E-state index in [0.717, 1.165) is 6.42 Å². The van der Waals surface area contributed by atoms with Gasteiger partial charge in [-0.25, -0.2) is 0 Å². The maximum Gasteiger partial charge on any atom is 0.172 e. The standard InChI is InChI=1S/C30H43O3P.CH2/c1-18(2)23-15-25(19(3)4)28(26(16-23)20(5)6)24-13-11-12-14-27(24)34-22(8)33-29(9)17-30(34,10)32-21(7)31-29;/h11-16,18-22H,17H2,1-10H3;1H2. The van der Waals surface area contributed by atoms with E-state index < -0.39 is 13.7 Å². The molecule has 3 nitrogen and oxygen atoms in total. The normalized spacial score (nSPS) is 30.6. The SMILES string of the molecule is CC1OC2(C)CC(C)(O1)P(c1ccccc1-c1c(C(C)C)cc(C(C)C)cc1C(C)C)C(C)O2.[CH2]. The zero-order chi connectivity index (χ0) is 25.0.